The van der Waals surface area contributed by atoms with E-state index in [1.165, 1.54) is 12.3 Å². The third-order valence-electron chi connectivity index (χ3n) is 4.38. The highest BCUT2D eigenvalue weighted by Gasteiger charge is 2.53. The smallest absolute Gasteiger partial charge is 0.258 e. The highest BCUT2D eigenvalue weighted by atomic mass is 79.9. The van der Waals surface area contributed by atoms with Crippen molar-refractivity contribution >= 4 is 31.9 Å². The summed E-state index contributed by atoms with van der Waals surface area (Å²) in [5, 5.41) is 14.8. The molecule has 0 radical (unpaired) electrons. The van der Waals surface area contributed by atoms with Crippen LogP contribution in [0.3, 0.4) is 0 Å². The fourth-order valence-electron chi connectivity index (χ4n) is 3.25. The topological polar surface area (TPSA) is 120 Å². The van der Waals surface area contributed by atoms with Gasteiger partial charge in [0.2, 0.25) is 5.91 Å². The van der Waals surface area contributed by atoms with Crippen molar-refractivity contribution in [2.45, 2.75) is 36.2 Å². The third kappa shape index (κ3) is 3.13. The number of hydrogen-bond acceptors (Lipinski definition) is 6. The molecule has 126 valence electrons. The zero-order valence-electron chi connectivity index (χ0n) is 12.1. The minimum atomic E-state index is -3.75. The van der Waals surface area contributed by atoms with Crippen LogP contribution in [0.5, 0.6) is 0 Å². The molecule has 1 spiro atoms. The number of pyridine rings is 1. The SMILES string of the molecule is O=C1NC(O)NC12CCCC2CNS(=O)(=O)c1ccc(Br)cn1. The lowest BCUT2D eigenvalue weighted by molar-refractivity contribution is -0.125. The summed E-state index contributed by atoms with van der Waals surface area (Å²) in [6.07, 6.45) is 2.37. The number of rotatable bonds is 4. The number of nitrogens with one attached hydrogen (secondary N) is 3. The van der Waals surface area contributed by atoms with Crippen molar-refractivity contribution in [1.82, 2.24) is 20.3 Å². The predicted octanol–water partition coefficient (Wildman–Crippen LogP) is -0.343. The lowest BCUT2D eigenvalue weighted by Crippen LogP contribution is -2.53. The van der Waals surface area contributed by atoms with E-state index >= 15 is 0 Å². The lowest BCUT2D eigenvalue weighted by atomic mass is 9.87. The number of halogens is 1. The molecule has 1 aliphatic carbocycles. The number of amides is 1. The van der Waals surface area contributed by atoms with Crippen molar-refractivity contribution in [2.75, 3.05) is 6.54 Å². The third-order valence-corrected chi connectivity index (χ3v) is 6.19. The standard InChI is InChI=1S/C13H17BrN4O4S/c14-9-3-4-10(15-7-9)23(21,22)16-6-8-2-1-5-13(8)11(19)17-12(20)18-13/h3-4,7-8,12,16,18,20H,1-2,5-6H2,(H,17,19). The summed E-state index contributed by atoms with van der Waals surface area (Å²) >= 11 is 3.20. The zero-order chi connectivity index (χ0) is 16.7. The van der Waals surface area contributed by atoms with Gasteiger partial charge in [-0.25, -0.2) is 18.1 Å². The van der Waals surface area contributed by atoms with Gasteiger partial charge in [-0.1, -0.05) is 6.42 Å². The van der Waals surface area contributed by atoms with Crippen molar-refractivity contribution < 1.29 is 18.3 Å². The Labute approximate surface area is 142 Å². The Morgan fingerprint density at radius 3 is 2.87 bits per heavy atom. The van der Waals surface area contributed by atoms with Gasteiger partial charge in [-0.05, 0) is 46.8 Å². The first-order valence-corrected chi connectivity index (χ1v) is 9.49. The first-order chi connectivity index (χ1) is 10.8. The maximum absolute atomic E-state index is 12.3. The highest BCUT2D eigenvalue weighted by molar-refractivity contribution is 9.10. The molecule has 3 atom stereocenters. The molecule has 2 heterocycles. The van der Waals surface area contributed by atoms with Gasteiger partial charge in [0.25, 0.3) is 10.0 Å². The number of carbonyl (C=O) groups excluding carboxylic acids is 1. The van der Waals surface area contributed by atoms with Crippen molar-refractivity contribution in [2.24, 2.45) is 5.92 Å². The molecule has 1 aliphatic heterocycles. The molecule has 0 bridgehead atoms. The molecular formula is C13H17BrN4O4S. The molecule has 1 amide bonds. The van der Waals surface area contributed by atoms with Crippen LogP contribution in [-0.4, -0.2) is 42.9 Å². The highest BCUT2D eigenvalue weighted by Crippen LogP contribution is 2.38. The van der Waals surface area contributed by atoms with E-state index < -0.39 is 21.9 Å². The number of aromatic nitrogens is 1. The summed E-state index contributed by atoms with van der Waals surface area (Å²) in [4.78, 5) is 16.0. The van der Waals surface area contributed by atoms with Gasteiger partial charge in [0.1, 0.15) is 5.54 Å². The van der Waals surface area contributed by atoms with E-state index in [-0.39, 0.29) is 23.4 Å². The summed E-state index contributed by atoms with van der Waals surface area (Å²) < 4.78 is 27.8. The predicted molar refractivity (Wildman–Crippen MR) is 84.5 cm³/mol. The minimum Gasteiger partial charge on any atom is -0.361 e. The van der Waals surface area contributed by atoms with Crippen LogP contribution < -0.4 is 15.4 Å². The van der Waals surface area contributed by atoms with Crippen LogP contribution in [0.25, 0.3) is 0 Å². The minimum absolute atomic E-state index is 0.0726. The van der Waals surface area contributed by atoms with E-state index in [4.69, 9.17) is 0 Å². The molecule has 8 nitrogen and oxygen atoms in total. The Morgan fingerprint density at radius 2 is 2.26 bits per heavy atom. The van der Waals surface area contributed by atoms with E-state index in [0.717, 1.165) is 6.42 Å². The molecule has 0 aromatic carbocycles. The quantitative estimate of drug-likeness (QED) is 0.544. The fraction of sp³-hybridized carbons (Fsp3) is 0.538. The summed E-state index contributed by atoms with van der Waals surface area (Å²) in [6, 6.07) is 3.00. The first kappa shape index (κ1) is 16.8. The zero-order valence-corrected chi connectivity index (χ0v) is 14.5. The molecule has 1 saturated heterocycles. The number of aliphatic hydroxyl groups excluding tert-OH is 1. The van der Waals surface area contributed by atoms with Gasteiger partial charge in [0, 0.05) is 17.2 Å². The number of nitrogens with zero attached hydrogens (tertiary/aromatic N) is 1. The summed E-state index contributed by atoms with van der Waals surface area (Å²) in [5.41, 5.74) is -0.908. The average Bonchev–Trinajstić information content (AvgIpc) is 3.01. The second kappa shape index (κ2) is 6.10. The molecule has 23 heavy (non-hydrogen) atoms. The van der Waals surface area contributed by atoms with Gasteiger partial charge in [0.05, 0.1) is 0 Å². The first-order valence-electron chi connectivity index (χ1n) is 7.21. The van der Waals surface area contributed by atoms with Gasteiger partial charge in [-0.15, -0.1) is 0 Å². The van der Waals surface area contributed by atoms with Crippen LogP contribution >= 0.6 is 15.9 Å². The van der Waals surface area contributed by atoms with Crippen molar-refractivity contribution in [1.29, 1.82) is 0 Å². The largest absolute Gasteiger partial charge is 0.361 e. The molecule has 10 heteroatoms. The van der Waals surface area contributed by atoms with Crippen molar-refractivity contribution in [3.63, 3.8) is 0 Å². The monoisotopic (exact) mass is 404 g/mol. The molecule has 3 rings (SSSR count). The molecule has 1 aromatic rings. The molecule has 1 saturated carbocycles. The van der Waals surface area contributed by atoms with Crippen LogP contribution in [-0.2, 0) is 14.8 Å². The van der Waals surface area contributed by atoms with Gasteiger partial charge >= 0.3 is 0 Å². The number of aliphatic hydroxyl groups is 1. The Balaban J connectivity index is 1.72. The van der Waals surface area contributed by atoms with E-state index in [9.17, 15) is 18.3 Å². The summed E-state index contributed by atoms with van der Waals surface area (Å²) in [5.74, 6) is -0.515. The van der Waals surface area contributed by atoms with E-state index in [2.05, 4.69) is 36.3 Å². The second-order valence-electron chi connectivity index (χ2n) is 5.75. The Hall–Kier alpha value is -1.07. The Kier molecular flexibility index (Phi) is 4.45. The summed E-state index contributed by atoms with van der Waals surface area (Å²) in [7, 11) is -3.75. The van der Waals surface area contributed by atoms with E-state index in [1.807, 2.05) is 0 Å². The van der Waals surface area contributed by atoms with E-state index in [1.54, 1.807) is 6.07 Å². The van der Waals surface area contributed by atoms with Gasteiger partial charge in [0.15, 0.2) is 11.4 Å². The molecule has 1 aromatic heterocycles. The van der Waals surface area contributed by atoms with Crippen LogP contribution in [0, 0.1) is 5.92 Å². The molecule has 2 aliphatic rings. The van der Waals surface area contributed by atoms with Crippen molar-refractivity contribution in [3.8, 4) is 0 Å². The maximum Gasteiger partial charge on any atom is 0.258 e. The van der Waals surface area contributed by atoms with Gasteiger partial charge in [-0.2, -0.15) is 0 Å². The Bertz CT molecular complexity index is 711. The molecule has 3 unspecified atom stereocenters. The average molecular weight is 405 g/mol. The van der Waals surface area contributed by atoms with E-state index in [0.29, 0.717) is 17.3 Å². The van der Waals surface area contributed by atoms with Gasteiger partial charge < -0.3 is 10.4 Å². The van der Waals surface area contributed by atoms with Crippen molar-refractivity contribution in [3.05, 3.63) is 22.8 Å². The Morgan fingerprint density at radius 1 is 1.48 bits per heavy atom. The molecule has 2 fully saturated rings. The molecular weight excluding hydrogens is 388 g/mol. The van der Waals surface area contributed by atoms with Crippen LogP contribution in [0.2, 0.25) is 0 Å². The maximum atomic E-state index is 12.3. The number of hydrogen-bond donors (Lipinski definition) is 4. The van der Waals surface area contributed by atoms with Crippen LogP contribution in [0.4, 0.5) is 0 Å². The number of sulfonamides is 1. The lowest BCUT2D eigenvalue weighted by Gasteiger charge is -2.28. The second-order valence-corrected chi connectivity index (χ2v) is 8.38. The molecule has 4 N–H and O–H groups in total. The van der Waals surface area contributed by atoms with Crippen LogP contribution in [0.1, 0.15) is 19.3 Å². The van der Waals surface area contributed by atoms with Gasteiger partial charge in [-0.3, -0.25) is 10.1 Å². The fourth-order valence-corrected chi connectivity index (χ4v) is 4.49. The number of carbonyl (C=O) groups is 1. The van der Waals surface area contributed by atoms with Crippen LogP contribution in [0.15, 0.2) is 27.8 Å². The summed E-state index contributed by atoms with van der Waals surface area (Å²) in [6.45, 7) is 0.104. The normalized spacial score (nSPS) is 30.8.